The number of anilines is 1. The van der Waals surface area contributed by atoms with E-state index in [0.717, 1.165) is 17.7 Å². The molecule has 0 unspecified atom stereocenters. The summed E-state index contributed by atoms with van der Waals surface area (Å²) in [6.07, 6.45) is -4.40. The van der Waals surface area contributed by atoms with Gasteiger partial charge in [0.2, 0.25) is 5.91 Å². The molecule has 1 N–H and O–H groups in total. The molecule has 2 rings (SSSR count). The van der Waals surface area contributed by atoms with Crippen molar-refractivity contribution in [3.63, 3.8) is 0 Å². The Bertz CT molecular complexity index is 691. The number of nitrogens with one attached hydrogen (secondary N) is 1. The minimum Gasteiger partial charge on any atom is -0.325 e. The molecular formula is C17H15ClF3NO. The zero-order valence-electron chi connectivity index (χ0n) is 12.5. The van der Waals surface area contributed by atoms with Crippen LogP contribution < -0.4 is 5.32 Å². The van der Waals surface area contributed by atoms with Crippen LogP contribution in [0.25, 0.3) is 0 Å². The molecule has 0 saturated carbocycles. The Balaban J connectivity index is 2.16. The predicted octanol–water partition coefficient (Wildman–Crippen LogP) is 5.28. The second-order valence-electron chi connectivity index (χ2n) is 5.66. The first-order valence-corrected chi connectivity index (χ1v) is 7.23. The molecule has 0 aliphatic carbocycles. The van der Waals surface area contributed by atoms with Crippen molar-refractivity contribution < 1.29 is 18.0 Å². The van der Waals surface area contributed by atoms with Crippen molar-refractivity contribution in [1.82, 2.24) is 0 Å². The van der Waals surface area contributed by atoms with Gasteiger partial charge in [-0.15, -0.1) is 0 Å². The smallest absolute Gasteiger partial charge is 0.325 e. The van der Waals surface area contributed by atoms with Crippen LogP contribution in [0.1, 0.15) is 25.0 Å². The summed E-state index contributed by atoms with van der Waals surface area (Å²) in [5.41, 5.74) is -0.545. The van der Waals surface area contributed by atoms with Crippen LogP contribution in [0, 0.1) is 0 Å². The third-order valence-corrected chi connectivity index (χ3v) is 3.86. The van der Waals surface area contributed by atoms with Crippen molar-refractivity contribution in [2.24, 2.45) is 0 Å². The van der Waals surface area contributed by atoms with Crippen LogP contribution in [0.3, 0.4) is 0 Å². The Morgan fingerprint density at radius 3 is 1.87 bits per heavy atom. The zero-order valence-corrected chi connectivity index (χ0v) is 13.3. The quantitative estimate of drug-likeness (QED) is 0.809. The van der Waals surface area contributed by atoms with Gasteiger partial charge in [0, 0.05) is 10.7 Å². The molecule has 0 radical (unpaired) electrons. The number of carbonyl (C=O) groups is 1. The minimum atomic E-state index is -4.40. The summed E-state index contributed by atoms with van der Waals surface area (Å²) in [6, 6.07) is 11.2. The van der Waals surface area contributed by atoms with E-state index in [1.165, 1.54) is 12.1 Å². The monoisotopic (exact) mass is 341 g/mol. The Hall–Kier alpha value is -2.01. The van der Waals surface area contributed by atoms with Crippen LogP contribution in [0.5, 0.6) is 0 Å². The van der Waals surface area contributed by atoms with Gasteiger partial charge in [-0.25, -0.2) is 0 Å². The van der Waals surface area contributed by atoms with E-state index >= 15 is 0 Å². The van der Waals surface area contributed by atoms with Crippen LogP contribution in [0.4, 0.5) is 18.9 Å². The summed E-state index contributed by atoms with van der Waals surface area (Å²) in [7, 11) is 0. The second-order valence-corrected chi connectivity index (χ2v) is 6.10. The summed E-state index contributed by atoms with van der Waals surface area (Å²) in [6.45, 7) is 3.46. The number of hydrogen-bond acceptors (Lipinski definition) is 1. The fourth-order valence-corrected chi connectivity index (χ4v) is 2.15. The maximum Gasteiger partial charge on any atom is 0.416 e. The van der Waals surface area contributed by atoms with E-state index in [2.05, 4.69) is 5.32 Å². The molecule has 0 aliphatic rings. The molecule has 23 heavy (non-hydrogen) atoms. The van der Waals surface area contributed by atoms with Gasteiger partial charge in [-0.3, -0.25) is 4.79 Å². The molecule has 0 fully saturated rings. The van der Waals surface area contributed by atoms with Gasteiger partial charge in [-0.1, -0.05) is 23.7 Å². The largest absolute Gasteiger partial charge is 0.416 e. The maximum atomic E-state index is 12.5. The highest BCUT2D eigenvalue weighted by Crippen LogP contribution is 2.31. The predicted molar refractivity (Wildman–Crippen MR) is 84.6 cm³/mol. The maximum absolute atomic E-state index is 12.5. The molecule has 0 aliphatic heterocycles. The van der Waals surface area contributed by atoms with Crippen molar-refractivity contribution in [1.29, 1.82) is 0 Å². The lowest BCUT2D eigenvalue weighted by Crippen LogP contribution is -2.34. The topological polar surface area (TPSA) is 29.1 Å². The normalized spacial score (nSPS) is 12.1. The highest BCUT2D eigenvalue weighted by Gasteiger charge is 2.31. The molecule has 0 saturated heterocycles. The van der Waals surface area contributed by atoms with E-state index in [0.29, 0.717) is 10.7 Å². The zero-order chi connectivity index (χ0) is 17.3. The van der Waals surface area contributed by atoms with Crippen molar-refractivity contribution in [2.75, 3.05) is 5.32 Å². The molecule has 2 aromatic rings. The molecule has 0 spiro atoms. The third kappa shape index (κ3) is 4.05. The van der Waals surface area contributed by atoms with Gasteiger partial charge < -0.3 is 5.32 Å². The highest BCUT2D eigenvalue weighted by molar-refractivity contribution is 6.30. The van der Waals surface area contributed by atoms with Crippen molar-refractivity contribution in [2.45, 2.75) is 25.4 Å². The minimum absolute atomic E-state index is 0.310. The van der Waals surface area contributed by atoms with Crippen LogP contribution >= 0.6 is 11.6 Å². The number of alkyl halides is 3. The second kappa shape index (κ2) is 6.24. The first-order chi connectivity index (χ1) is 10.6. The SMILES string of the molecule is CC(C)(C(=O)Nc1ccc(C(F)(F)F)cc1)c1ccc(Cl)cc1. The Labute approximate surface area is 137 Å². The van der Waals surface area contributed by atoms with E-state index in [1.807, 2.05) is 0 Å². The number of amides is 1. The van der Waals surface area contributed by atoms with Crippen LogP contribution in [-0.4, -0.2) is 5.91 Å². The average Bonchev–Trinajstić information content (AvgIpc) is 2.47. The first kappa shape index (κ1) is 17.3. The van der Waals surface area contributed by atoms with Gasteiger partial charge in [0.1, 0.15) is 0 Å². The lowest BCUT2D eigenvalue weighted by molar-refractivity contribution is -0.137. The third-order valence-electron chi connectivity index (χ3n) is 3.60. The van der Waals surface area contributed by atoms with Crippen LogP contribution in [0.2, 0.25) is 5.02 Å². The lowest BCUT2D eigenvalue weighted by atomic mass is 9.83. The molecule has 122 valence electrons. The Kier molecular flexibility index (Phi) is 4.71. The number of rotatable bonds is 3. The number of carbonyl (C=O) groups excluding carboxylic acids is 1. The highest BCUT2D eigenvalue weighted by atomic mass is 35.5. The molecule has 2 nitrogen and oxygen atoms in total. The van der Waals surface area contributed by atoms with E-state index in [-0.39, 0.29) is 5.91 Å². The molecular weight excluding hydrogens is 327 g/mol. The number of halogens is 4. The van der Waals surface area contributed by atoms with Crippen LogP contribution in [0.15, 0.2) is 48.5 Å². The Morgan fingerprint density at radius 1 is 0.913 bits per heavy atom. The van der Waals surface area contributed by atoms with E-state index in [1.54, 1.807) is 38.1 Å². The average molecular weight is 342 g/mol. The molecule has 0 aromatic heterocycles. The number of benzene rings is 2. The van der Waals surface area contributed by atoms with E-state index < -0.39 is 17.2 Å². The summed E-state index contributed by atoms with van der Waals surface area (Å²) in [5, 5.41) is 3.20. The molecule has 1 amide bonds. The number of hydrogen-bond donors (Lipinski definition) is 1. The van der Waals surface area contributed by atoms with Crippen molar-refractivity contribution in [3.8, 4) is 0 Å². The molecule has 0 bridgehead atoms. The van der Waals surface area contributed by atoms with E-state index in [9.17, 15) is 18.0 Å². The summed E-state index contributed by atoms with van der Waals surface area (Å²) < 4.78 is 37.6. The Morgan fingerprint density at radius 2 is 1.39 bits per heavy atom. The fraction of sp³-hybridized carbons (Fsp3) is 0.235. The van der Waals surface area contributed by atoms with E-state index in [4.69, 9.17) is 11.6 Å². The van der Waals surface area contributed by atoms with Gasteiger partial charge in [-0.2, -0.15) is 13.2 Å². The van der Waals surface area contributed by atoms with Gasteiger partial charge >= 0.3 is 6.18 Å². The van der Waals surface area contributed by atoms with Gasteiger partial charge in [0.05, 0.1) is 11.0 Å². The molecule has 6 heteroatoms. The molecule has 0 atom stereocenters. The summed E-state index contributed by atoms with van der Waals surface area (Å²) >= 11 is 5.83. The van der Waals surface area contributed by atoms with Crippen molar-refractivity contribution >= 4 is 23.2 Å². The van der Waals surface area contributed by atoms with Gasteiger partial charge in [0.25, 0.3) is 0 Å². The summed E-state index contributed by atoms with van der Waals surface area (Å²) in [4.78, 5) is 12.4. The molecule has 2 aromatic carbocycles. The fourth-order valence-electron chi connectivity index (χ4n) is 2.03. The lowest BCUT2D eigenvalue weighted by Gasteiger charge is -2.24. The molecule has 0 heterocycles. The van der Waals surface area contributed by atoms with Gasteiger partial charge in [-0.05, 0) is 55.8 Å². The van der Waals surface area contributed by atoms with Gasteiger partial charge in [0.15, 0.2) is 0 Å². The standard InChI is InChI=1S/C17H15ClF3NO/c1-16(2,11-3-7-13(18)8-4-11)15(23)22-14-9-5-12(6-10-14)17(19,20)21/h3-10H,1-2H3,(H,22,23). The van der Waals surface area contributed by atoms with Crippen molar-refractivity contribution in [3.05, 3.63) is 64.7 Å². The summed E-state index contributed by atoms with van der Waals surface area (Å²) in [5.74, 6) is -0.320. The van der Waals surface area contributed by atoms with Crippen LogP contribution in [-0.2, 0) is 16.4 Å². The first-order valence-electron chi connectivity index (χ1n) is 6.85.